The van der Waals surface area contributed by atoms with Gasteiger partial charge in [0.25, 0.3) is 0 Å². The maximum absolute atomic E-state index is 9.00. The van der Waals surface area contributed by atoms with Gasteiger partial charge in [-0.05, 0) is 42.3 Å². The molecule has 2 rings (SSSR count). The zero-order valence-corrected chi connectivity index (χ0v) is 10.7. The van der Waals surface area contributed by atoms with E-state index in [-0.39, 0.29) is 0 Å². The van der Waals surface area contributed by atoms with E-state index in [0.717, 1.165) is 11.1 Å². The van der Waals surface area contributed by atoms with Crippen LogP contribution in [0.2, 0.25) is 5.02 Å². The number of nitrogens with zero attached hydrogens (tertiary/aromatic N) is 1. The van der Waals surface area contributed by atoms with Crippen LogP contribution in [0.3, 0.4) is 0 Å². The van der Waals surface area contributed by atoms with Crippen molar-refractivity contribution in [3.05, 3.63) is 64.2 Å². The molecule has 0 aliphatic rings. The Morgan fingerprint density at radius 1 is 1.17 bits per heavy atom. The summed E-state index contributed by atoms with van der Waals surface area (Å²) in [5.74, 6) is 0.618. The summed E-state index contributed by atoms with van der Waals surface area (Å²) in [5.41, 5.74) is 2.64. The van der Waals surface area contributed by atoms with Gasteiger partial charge in [0.1, 0.15) is 18.4 Å². The number of aryl methyl sites for hydroxylation is 1. The van der Waals surface area contributed by atoms with E-state index >= 15 is 0 Å². The molecule has 0 N–H and O–H groups in total. The van der Waals surface area contributed by atoms with Gasteiger partial charge >= 0.3 is 0 Å². The first kappa shape index (κ1) is 12.5. The Hall–Kier alpha value is -1.98. The van der Waals surface area contributed by atoms with Gasteiger partial charge in [0, 0.05) is 5.02 Å². The number of nitriles is 1. The lowest BCUT2D eigenvalue weighted by atomic mass is 10.1. The van der Waals surface area contributed by atoms with Gasteiger partial charge in [-0.15, -0.1) is 0 Å². The number of hydrogen-bond donors (Lipinski definition) is 0. The predicted molar refractivity (Wildman–Crippen MR) is 71.7 cm³/mol. The Morgan fingerprint density at radius 2 is 1.89 bits per heavy atom. The second-order valence-corrected chi connectivity index (χ2v) is 4.46. The summed E-state index contributed by atoms with van der Waals surface area (Å²) in [7, 11) is 0. The third-order valence-electron chi connectivity index (χ3n) is 2.57. The van der Waals surface area contributed by atoms with Crippen LogP contribution in [0.4, 0.5) is 0 Å². The molecule has 0 fully saturated rings. The van der Waals surface area contributed by atoms with Crippen molar-refractivity contribution in [1.29, 1.82) is 5.26 Å². The fraction of sp³-hybridized carbons (Fsp3) is 0.133. The lowest BCUT2D eigenvalue weighted by Crippen LogP contribution is -1.97. The Labute approximate surface area is 111 Å². The van der Waals surface area contributed by atoms with Gasteiger partial charge in [0.2, 0.25) is 0 Å². The molecule has 0 amide bonds. The highest BCUT2D eigenvalue weighted by molar-refractivity contribution is 6.30. The molecule has 2 nitrogen and oxygen atoms in total. The molecule has 2 aromatic rings. The molecule has 0 atom stereocenters. The maximum Gasteiger partial charge on any atom is 0.137 e. The Kier molecular flexibility index (Phi) is 3.86. The van der Waals surface area contributed by atoms with Crippen molar-refractivity contribution < 1.29 is 4.74 Å². The van der Waals surface area contributed by atoms with Crippen LogP contribution in [-0.4, -0.2) is 0 Å². The standard InChI is InChI=1S/C15H12ClNO/c1-11-2-5-13(9-17)15(8-11)18-10-12-3-6-14(16)7-4-12/h2-8H,10H2,1H3. The summed E-state index contributed by atoms with van der Waals surface area (Å²) in [4.78, 5) is 0. The fourth-order valence-electron chi connectivity index (χ4n) is 1.58. The van der Waals surface area contributed by atoms with E-state index < -0.39 is 0 Å². The van der Waals surface area contributed by atoms with Gasteiger partial charge in [-0.1, -0.05) is 29.8 Å². The van der Waals surface area contributed by atoms with E-state index in [1.165, 1.54) is 0 Å². The van der Waals surface area contributed by atoms with E-state index in [2.05, 4.69) is 6.07 Å². The normalized spacial score (nSPS) is 9.83. The van der Waals surface area contributed by atoms with E-state index in [1.807, 2.05) is 43.3 Å². The highest BCUT2D eigenvalue weighted by atomic mass is 35.5. The third kappa shape index (κ3) is 3.03. The van der Waals surface area contributed by atoms with Crippen molar-refractivity contribution in [3.63, 3.8) is 0 Å². The van der Waals surface area contributed by atoms with Crippen LogP contribution in [0.25, 0.3) is 0 Å². The van der Waals surface area contributed by atoms with E-state index in [1.54, 1.807) is 6.07 Å². The first-order chi connectivity index (χ1) is 8.69. The van der Waals surface area contributed by atoms with E-state index in [9.17, 15) is 0 Å². The molecule has 3 heteroatoms. The van der Waals surface area contributed by atoms with Gasteiger partial charge in [-0.2, -0.15) is 5.26 Å². The van der Waals surface area contributed by atoms with Gasteiger partial charge in [-0.3, -0.25) is 0 Å². The Morgan fingerprint density at radius 3 is 2.56 bits per heavy atom. The van der Waals surface area contributed by atoms with Gasteiger partial charge in [0.05, 0.1) is 5.56 Å². The number of hydrogen-bond acceptors (Lipinski definition) is 2. The molecule has 90 valence electrons. The first-order valence-corrected chi connectivity index (χ1v) is 5.95. The van der Waals surface area contributed by atoms with Gasteiger partial charge in [0.15, 0.2) is 0 Å². The molecule has 0 radical (unpaired) electrons. The fourth-order valence-corrected chi connectivity index (χ4v) is 1.71. The molecule has 0 heterocycles. The summed E-state index contributed by atoms with van der Waals surface area (Å²) in [5, 5.41) is 9.70. The zero-order chi connectivity index (χ0) is 13.0. The largest absolute Gasteiger partial charge is 0.488 e. The van der Waals surface area contributed by atoms with Crippen LogP contribution in [-0.2, 0) is 6.61 Å². The Balaban J connectivity index is 2.13. The summed E-state index contributed by atoms with van der Waals surface area (Å²) in [6.07, 6.45) is 0. The van der Waals surface area contributed by atoms with Crippen molar-refractivity contribution in [3.8, 4) is 11.8 Å². The van der Waals surface area contributed by atoms with Crippen LogP contribution in [0, 0.1) is 18.3 Å². The minimum atomic E-state index is 0.426. The van der Waals surface area contributed by atoms with Gasteiger partial charge < -0.3 is 4.74 Å². The average molecular weight is 258 g/mol. The zero-order valence-electron chi connectivity index (χ0n) is 9.98. The van der Waals surface area contributed by atoms with Crippen LogP contribution in [0.5, 0.6) is 5.75 Å². The van der Waals surface area contributed by atoms with Crippen LogP contribution < -0.4 is 4.74 Å². The number of rotatable bonds is 3. The van der Waals surface area contributed by atoms with Crippen molar-refractivity contribution in [1.82, 2.24) is 0 Å². The predicted octanol–water partition coefficient (Wildman–Crippen LogP) is 4.10. The molecule has 0 saturated carbocycles. The minimum absolute atomic E-state index is 0.426. The summed E-state index contributed by atoms with van der Waals surface area (Å²) >= 11 is 5.81. The van der Waals surface area contributed by atoms with Crippen LogP contribution in [0.15, 0.2) is 42.5 Å². The van der Waals surface area contributed by atoms with Crippen molar-refractivity contribution >= 4 is 11.6 Å². The maximum atomic E-state index is 9.00. The molecule has 0 aliphatic heterocycles. The summed E-state index contributed by atoms with van der Waals surface area (Å²) in [6.45, 7) is 2.39. The lowest BCUT2D eigenvalue weighted by molar-refractivity contribution is 0.305. The molecular weight excluding hydrogens is 246 g/mol. The van der Waals surface area contributed by atoms with Crippen molar-refractivity contribution in [2.24, 2.45) is 0 Å². The Bertz CT molecular complexity index is 584. The second kappa shape index (κ2) is 5.57. The topological polar surface area (TPSA) is 33.0 Å². The highest BCUT2D eigenvalue weighted by Gasteiger charge is 2.03. The molecule has 18 heavy (non-hydrogen) atoms. The monoisotopic (exact) mass is 257 g/mol. The van der Waals surface area contributed by atoms with E-state index in [0.29, 0.717) is 22.9 Å². The van der Waals surface area contributed by atoms with Crippen molar-refractivity contribution in [2.75, 3.05) is 0 Å². The summed E-state index contributed by atoms with van der Waals surface area (Å²) < 4.78 is 5.67. The molecule has 2 aromatic carbocycles. The third-order valence-corrected chi connectivity index (χ3v) is 2.82. The highest BCUT2D eigenvalue weighted by Crippen LogP contribution is 2.21. The average Bonchev–Trinajstić information content (AvgIpc) is 2.38. The molecule has 0 saturated heterocycles. The van der Waals surface area contributed by atoms with E-state index in [4.69, 9.17) is 21.6 Å². The molecule has 0 bridgehead atoms. The lowest BCUT2D eigenvalue weighted by Gasteiger charge is -2.08. The first-order valence-electron chi connectivity index (χ1n) is 5.57. The molecule has 0 spiro atoms. The van der Waals surface area contributed by atoms with Crippen LogP contribution in [0.1, 0.15) is 16.7 Å². The second-order valence-electron chi connectivity index (χ2n) is 4.03. The van der Waals surface area contributed by atoms with Crippen molar-refractivity contribution in [2.45, 2.75) is 13.5 Å². The quantitative estimate of drug-likeness (QED) is 0.829. The van der Waals surface area contributed by atoms with Crippen LogP contribution >= 0.6 is 11.6 Å². The molecule has 0 aliphatic carbocycles. The smallest absolute Gasteiger partial charge is 0.137 e. The molecule has 0 aromatic heterocycles. The van der Waals surface area contributed by atoms with Gasteiger partial charge in [-0.25, -0.2) is 0 Å². The summed E-state index contributed by atoms with van der Waals surface area (Å²) in [6, 6.07) is 15.1. The molecular formula is C15H12ClNO. The minimum Gasteiger partial charge on any atom is -0.488 e. The SMILES string of the molecule is Cc1ccc(C#N)c(OCc2ccc(Cl)cc2)c1. The molecule has 0 unspecified atom stereocenters. The number of halogens is 1. The number of benzene rings is 2. The number of ether oxygens (including phenoxy) is 1.